The van der Waals surface area contributed by atoms with E-state index in [9.17, 15) is 4.79 Å². The highest BCUT2D eigenvalue weighted by atomic mass is 35.5. The first kappa shape index (κ1) is 18.9. The van der Waals surface area contributed by atoms with E-state index < -0.39 is 5.60 Å². The van der Waals surface area contributed by atoms with Gasteiger partial charge in [-0.2, -0.15) is 0 Å². The third-order valence-electron chi connectivity index (χ3n) is 3.88. The first-order chi connectivity index (χ1) is 12.2. The summed E-state index contributed by atoms with van der Waals surface area (Å²) in [4.78, 5) is 29.1. The lowest BCUT2D eigenvalue weighted by Gasteiger charge is -2.26. The topological polar surface area (TPSA) is 71.5 Å². The van der Waals surface area contributed by atoms with Crippen LogP contribution in [0.2, 0.25) is 10.2 Å². The quantitative estimate of drug-likeness (QED) is 0.728. The molecule has 0 N–H and O–H groups in total. The molecule has 0 atom stereocenters. The van der Waals surface area contributed by atoms with E-state index in [-0.39, 0.29) is 6.09 Å². The molecule has 0 unspecified atom stereocenters. The van der Waals surface area contributed by atoms with E-state index in [1.807, 2.05) is 25.7 Å². The van der Waals surface area contributed by atoms with Gasteiger partial charge in [0.05, 0.1) is 5.02 Å². The second-order valence-electron chi connectivity index (χ2n) is 7.14. The van der Waals surface area contributed by atoms with E-state index in [4.69, 9.17) is 27.9 Å². The van der Waals surface area contributed by atoms with Gasteiger partial charge in [0, 0.05) is 32.4 Å². The Morgan fingerprint density at radius 3 is 2.65 bits per heavy atom. The van der Waals surface area contributed by atoms with Gasteiger partial charge in [-0.05, 0) is 33.3 Å². The van der Waals surface area contributed by atoms with Crippen LogP contribution in [0.4, 0.5) is 10.6 Å². The fraction of sp³-hybridized carbons (Fsp3) is 0.529. The third-order valence-corrected chi connectivity index (χ3v) is 4.34. The van der Waals surface area contributed by atoms with Crippen molar-refractivity contribution in [1.29, 1.82) is 0 Å². The van der Waals surface area contributed by atoms with Crippen molar-refractivity contribution in [2.24, 2.45) is 0 Å². The van der Waals surface area contributed by atoms with Crippen LogP contribution >= 0.6 is 23.2 Å². The fourth-order valence-electron chi connectivity index (χ4n) is 2.73. The van der Waals surface area contributed by atoms with Crippen molar-refractivity contribution in [2.45, 2.75) is 32.8 Å². The maximum Gasteiger partial charge on any atom is 0.410 e. The van der Waals surface area contributed by atoms with Gasteiger partial charge in [0.25, 0.3) is 0 Å². The molecule has 3 heterocycles. The highest BCUT2D eigenvalue weighted by molar-refractivity contribution is 6.32. The Morgan fingerprint density at radius 2 is 1.92 bits per heavy atom. The van der Waals surface area contributed by atoms with Crippen LogP contribution in [0, 0.1) is 0 Å². The van der Waals surface area contributed by atoms with Crippen LogP contribution in [-0.2, 0) is 4.74 Å². The molecule has 0 radical (unpaired) electrons. The number of carbonyl (C=O) groups excluding carboxylic acids is 1. The summed E-state index contributed by atoms with van der Waals surface area (Å²) < 4.78 is 5.46. The van der Waals surface area contributed by atoms with Gasteiger partial charge >= 0.3 is 6.09 Å². The number of fused-ring (bicyclic) bond motifs is 1. The summed E-state index contributed by atoms with van der Waals surface area (Å²) in [6, 6.07) is 1.68. The van der Waals surface area contributed by atoms with E-state index in [0.717, 1.165) is 6.42 Å². The highest BCUT2D eigenvalue weighted by Gasteiger charge is 2.26. The van der Waals surface area contributed by atoms with Crippen LogP contribution in [0.25, 0.3) is 11.2 Å². The molecule has 0 spiro atoms. The Labute approximate surface area is 162 Å². The molecular weight excluding hydrogens is 377 g/mol. The average molecular weight is 398 g/mol. The predicted molar refractivity (Wildman–Crippen MR) is 102 cm³/mol. The maximum atomic E-state index is 12.3. The zero-order valence-corrected chi connectivity index (χ0v) is 16.5. The van der Waals surface area contributed by atoms with Crippen molar-refractivity contribution < 1.29 is 9.53 Å². The minimum absolute atomic E-state index is 0.298. The molecule has 1 fully saturated rings. The zero-order chi connectivity index (χ0) is 18.9. The molecule has 3 rings (SSSR count). The van der Waals surface area contributed by atoms with E-state index >= 15 is 0 Å². The van der Waals surface area contributed by atoms with Gasteiger partial charge in [0.15, 0.2) is 16.6 Å². The van der Waals surface area contributed by atoms with Gasteiger partial charge in [0.1, 0.15) is 11.1 Å². The first-order valence-electron chi connectivity index (χ1n) is 8.44. The second-order valence-corrected chi connectivity index (χ2v) is 7.94. The Morgan fingerprint density at radius 1 is 1.15 bits per heavy atom. The minimum Gasteiger partial charge on any atom is -0.444 e. The number of halogens is 2. The fourth-order valence-corrected chi connectivity index (χ4v) is 3.14. The van der Waals surface area contributed by atoms with E-state index in [1.54, 1.807) is 11.0 Å². The number of ether oxygens (including phenoxy) is 1. The summed E-state index contributed by atoms with van der Waals surface area (Å²) in [5.41, 5.74) is 0.530. The molecule has 1 aliphatic heterocycles. The summed E-state index contributed by atoms with van der Waals surface area (Å²) in [7, 11) is 0. The summed E-state index contributed by atoms with van der Waals surface area (Å²) in [5, 5.41) is 0.783. The van der Waals surface area contributed by atoms with Crippen LogP contribution in [0.1, 0.15) is 27.2 Å². The van der Waals surface area contributed by atoms with Gasteiger partial charge in [-0.15, -0.1) is 0 Å². The molecule has 0 saturated carbocycles. The molecular formula is C17H21Cl2N5O2. The monoisotopic (exact) mass is 397 g/mol. The molecule has 1 saturated heterocycles. The average Bonchev–Trinajstić information content (AvgIpc) is 2.78. The Hall–Kier alpha value is -1.86. The van der Waals surface area contributed by atoms with Gasteiger partial charge in [-0.1, -0.05) is 23.2 Å². The number of anilines is 1. The van der Waals surface area contributed by atoms with Gasteiger partial charge in [-0.3, -0.25) is 0 Å². The third kappa shape index (κ3) is 4.45. The predicted octanol–water partition coefficient (Wildman–Crippen LogP) is 3.78. The minimum atomic E-state index is -0.511. The number of carbonyl (C=O) groups is 1. The number of nitrogens with zero attached hydrogens (tertiary/aromatic N) is 5. The molecule has 9 heteroatoms. The first-order valence-corrected chi connectivity index (χ1v) is 9.20. The van der Waals surface area contributed by atoms with Gasteiger partial charge < -0.3 is 14.5 Å². The van der Waals surface area contributed by atoms with Crippen molar-refractivity contribution in [2.75, 3.05) is 31.1 Å². The molecule has 0 bridgehead atoms. The molecule has 0 aliphatic carbocycles. The number of hydrogen-bond donors (Lipinski definition) is 0. The van der Waals surface area contributed by atoms with E-state index in [2.05, 4.69) is 15.0 Å². The Kier molecular flexibility index (Phi) is 5.39. The lowest BCUT2D eigenvalue weighted by atomic mass is 10.2. The number of hydrogen-bond acceptors (Lipinski definition) is 6. The Bertz CT molecular complexity index is 825. The standard InChI is InChI=1S/C17H21Cl2N5O2/c1-17(2,3)26-16(25)24-6-4-5-23(7-8-24)15-13(19)21-12-9-11(18)10-20-14(12)22-15/h9-10H,4-8H2,1-3H3. The van der Waals surface area contributed by atoms with Crippen LogP contribution in [0.3, 0.4) is 0 Å². The molecule has 1 aliphatic rings. The lowest BCUT2D eigenvalue weighted by Crippen LogP contribution is -2.39. The lowest BCUT2D eigenvalue weighted by molar-refractivity contribution is 0.0263. The van der Waals surface area contributed by atoms with Crippen molar-refractivity contribution in [3.63, 3.8) is 0 Å². The van der Waals surface area contributed by atoms with Crippen molar-refractivity contribution >= 4 is 46.3 Å². The van der Waals surface area contributed by atoms with E-state index in [0.29, 0.717) is 53.3 Å². The van der Waals surface area contributed by atoms with Gasteiger partial charge in [-0.25, -0.2) is 19.7 Å². The zero-order valence-electron chi connectivity index (χ0n) is 15.0. The Balaban J connectivity index is 1.77. The largest absolute Gasteiger partial charge is 0.444 e. The smallest absolute Gasteiger partial charge is 0.410 e. The van der Waals surface area contributed by atoms with Crippen LogP contribution < -0.4 is 4.90 Å². The molecule has 2 aromatic rings. The molecule has 140 valence electrons. The van der Waals surface area contributed by atoms with E-state index in [1.165, 1.54) is 6.20 Å². The van der Waals surface area contributed by atoms with Crippen LogP contribution in [0.15, 0.2) is 12.3 Å². The highest BCUT2D eigenvalue weighted by Crippen LogP contribution is 2.26. The van der Waals surface area contributed by atoms with Gasteiger partial charge in [0.2, 0.25) is 0 Å². The molecule has 1 amide bonds. The summed E-state index contributed by atoms with van der Waals surface area (Å²) in [6.45, 7) is 8.03. The van der Waals surface area contributed by atoms with Crippen molar-refractivity contribution in [1.82, 2.24) is 19.9 Å². The SMILES string of the molecule is CC(C)(C)OC(=O)N1CCCN(c2nc3ncc(Cl)cc3nc2Cl)CC1. The molecule has 7 nitrogen and oxygen atoms in total. The molecule has 26 heavy (non-hydrogen) atoms. The normalized spacial score (nSPS) is 15.9. The number of rotatable bonds is 1. The van der Waals surface area contributed by atoms with Crippen LogP contribution in [-0.4, -0.2) is 57.7 Å². The van der Waals surface area contributed by atoms with Crippen molar-refractivity contribution in [3.8, 4) is 0 Å². The molecule has 2 aromatic heterocycles. The number of aromatic nitrogens is 3. The summed E-state index contributed by atoms with van der Waals surface area (Å²) >= 11 is 12.3. The summed E-state index contributed by atoms with van der Waals surface area (Å²) in [6.07, 6.45) is 2.01. The number of amides is 1. The number of pyridine rings is 1. The van der Waals surface area contributed by atoms with Crippen molar-refractivity contribution in [3.05, 3.63) is 22.4 Å². The second kappa shape index (κ2) is 7.40. The maximum absolute atomic E-state index is 12.3. The van der Waals surface area contributed by atoms with Crippen LogP contribution in [0.5, 0.6) is 0 Å². The molecule has 0 aromatic carbocycles. The summed E-state index contributed by atoms with van der Waals surface area (Å²) in [5.74, 6) is 0.569.